The van der Waals surface area contributed by atoms with Crippen molar-refractivity contribution < 1.29 is 14.7 Å². The molecule has 0 aromatic carbocycles. The Balaban J connectivity index is 1.56. The molecule has 1 aromatic rings. The Morgan fingerprint density at radius 2 is 1.84 bits per heavy atom. The average Bonchev–Trinajstić information content (AvgIpc) is 3.36. The van der Waals surface area contributed by atoms with E-state index in [1.807, 2.05) is 30.4 Å². The summed E-state index contributed by atoms with van der Waals surface area (Å²) in [6, 6.07) is 5.65. The van der Waals surface area contributed by atoms with E-state index < -0.39 is 17.8 Å². The second-order valence-corrected chi connectivity index (χ2v) is 7.62. The number of aliphatic carboxylic acids is 1. The number of amides is 1. The van der Waals surface area contributed by atoms with Gasteiger partial charge in [-0.1, -0.05) is 31.1 Å². The van der Waals surface area contributed by atoms with Gasteiger partial charge in [0.05, 0.1) is 23.6 Å². The van der Waals surface area contributed by atoms with Crippen molar-refractivity contribution in [3.8, 4) is 0 Å². The molecule has 2 N–H and O–H groups in total. The number of rotatable bonds is 5. The maximum atomic E-state index is 13.1. The van der Waals surface area contributed by atoms with Gasteiger partial charge in [-0.2, -0.15) is 0 Å². The molecule has 3 aliphatic rings. The van der Waals surface area contributed by atoms with E-state index in [0.29, 0.717) is 5.92 Å². The molecule has 0 spiro atoms. The van der Waals surface area contributed by atoms with Crippen molar-refractivity contribution in [2.45, 2.75) is 38.1 Å². The maximum absolute atomic E-state index is 13.1. The summed E-state index contributed by atoms with van der Waals surface area (Å²) in [4.78, 5) is 29.2. The number of pyridine rings is 1. The highest BCUT2D eigenvalue weighted by molar-refractivity contribution is 5.87. The molecule has 1 amide bonds. The standard InChI is InChI=1S/C20H24N2O3/c23-19(16-13-8-9-14(11-13)17(16)20(24)25)22-18(12-5-1-2-6-12)15-7-3-4-10-21-15/h3-4,7-10,12-14,16-18H,1-2,5-6,11H2,(H,22,23)(H,24,25)/t13-,14-,16-,17+,18+/m0/s1. The van der Waals surface area contributed by atoms with Gasteiger partial charge in [0.15, 0.2) is 0 Å². The van der Waals surface area contributed by atoms with Crippen LogP contribution in [0.3, 0.4) is 0 Å². The summed E-state index contributed by atoms with van der Waals surface area (Å²) in [5, 5.41) is 12.8. The van der Waals surface area contributed by atoms with Gasteiger partial charge in [0.2, 0.25) is 5.91 Å². The van der Waals surface area contributed by atoms with Crippen molar-refractivity contribution in [2.75, 3.05) is 0 Å². The van der Waals surface area contributed by atoms with Gasteiger partial charge < -0.3 is 10.4 Å². The lowest BCUT2D eigenvalue weighted by molar-refractivity contribution is -0.148. The Morgan fingerprint density at radius 1 is 1.12 bits per heavy atom. The van der Waals surface area contributed by atoms with Crippen LogP contribution in [0.25, 0.3) is 0 Å². The van der Waals surface area contributed by atoms with E-state index >= 15 is 0 Å². The van der Waals surface area contributed by atoms with Crippen LogP contribution in [-0.4, -0.2) is 22.0 Å². The molecule has 0 aliphatic heterocycles. The van der Waals surface area contributed by atoms with Crippen LogP contribution in [0.2, 0.25) is 0 Å². The Morgan fingerprint density at radius 3 is 2.48 bits per heavy atom. The fraction of sp³-hybridized carbons (Fsp3) is 0.550. The summed E-state index contributed by atoms with van der Waals surface area (Å²) < 4.78 is 0. The first kappa shape index (κ1) is 16.3. The van der Waals surface area contributed by atoms with Gasteiger partial charge in [-0.05, 0) is 49.1 Å². The molecule has 2 fully saturated rings. The number of nitrogens with one attached hydrogen (secondary N) is 1. The van der Waals surface area contributed by atoms with Crippen LogP contribution in [0.4, 0.5) is 0 Å². The summed E-state index contributed by atoms with van der Waals surface area (Å²) in [5.41, 5.74) is 0.883. The van der Waals surface area contributed by atoms with Gasteiger partial charge >= 0.3 is 5.97 Å². The molecule has 2 bridgehead atoms. The summed E-state index contributed by atoms with van der Waals surface area (Å²) in [6.45, 7) is 0. The lowest BCUT2D eigenvalue weighted by Gasteiger charge is -2.29. The molecular weight excluding hydrogens is 316 g/mol. The van der Waals surface area contributed by atoms with Gasteiger partial charge in [-0.25, -0.2) is 0 Å². The van der Waals surface area contributed by atoms with E-state index in [4.69, 9.17) is 0 Å². The predicted octanol–water partition coefficient (Wildman–Crippen LogP) is 2.95. The van der Waals surface area contributed by atoms with Gasteiger partial charge in [-0.15, -0.1) is 0 Å². The largest absolute Gasteiger partial charge is 0.481 e. The fourth-order valence-electron chi connectivity index (χ4n) is 5.05. The summed E-state index contributed by atoms with van der Waals surface area (Å²) in [6.07, 6.45) is 11.1. The highest BCUT2D eigenvalue weighted by atomic mass is 16.4. The fourth-order valence-corrected chi connectivity index (χ4v) is 5.05. The minimum Gasteiger partial charge on any atom is -0.481 e. The number of nitrogens with zero attached hydrogens (tertiary/aromatic N) is 1. The molecular formula is C20H24N2O3. The zero-order valence-electron chi connectivity index (χ0n) is 14.2. The summed E-state index contributed by atoms with van der Waals surface area (Å²) >= 11 is 0. The molecule has 1 aromatic heterocycles. The Bertz CT molecular complexity index is 681. The third-order valence-electron chi connectivity index (χ3n) is 6.22. The normalized spacial score (nSPS) is 32.0. The first-order valence-corrected chi connectivity index (χ1v) is 9.27. The molecule has 3 aliphatic carbocycles. The van der Waals surface area contributed by atoms with Crippen LogP contribution < -0.4 is 5.32 Å². The van der Waals surface area contributed by atoms with Gasteiger partial charge in [-0.3, -0.25) is 14.6 Å². The van der Waals surface area contributed by atoms with Crippen molar-refractivity contribution >= 4 is 11.9 Å². The van der Waals surface area contributed by atoms with Crippen LogP contribution in [0.15, 0.2) is 36.5 Å². The van der Waals surface area contributed by atoms with Crippen LogP contribution in [-0.2, 0) is 9.59 Å². The van der Waals surface area contributed by atoms with Crippen LogP contribution >= 0.6 is 0 Å². The monoisotopic (exact) mass is 340 g/mol. The van der Waals surface area contributed by atoms with Crippen molar-refractivity contribution in [1.29, 1.82) is 0 Å². The van der Waals surface area contributed by atoms with E-state index in [0.717, 1.165) is 25.0 Å². The number of carboxylic acids is 1. The van der Waals surface area contributed by atoms with E-state index in [1.165, 1.54) is 12.8 Å². The smallest absolute Gasteiger partial charge is 0.307 e. The predicted molar refractivity (Wildman–Crippen MR) is 92.4 cm³/mol. The number of carbonyl (C=O) groups is 2. The van der Waals surface area contributed by atoms with Crippen LogP contribution in [0, 0.1) is 29.6 Å². The van der Waals surface area contributed by atoms with Crippen molar-refractivity contribution in [3.05, 3.63) is 42.2 Å². The molecule has 2 saturated carbocycles. The second kappa shape index (κ2) is 6.62. The van der Waals surface area contributed by atoms with E-state index in [-0.39, 0.29) is 23.8 Å². The minimum atomic E-state index is -0.854. The molecule has 4 rings (SSSR count). The molecule has 0 saturated heterocycles. The first-order chi connectivity index (χ1) is 12.1. The number of hydrogen-bond acceptors (Lipinski definition) is 3. The Hall–Kier alpha value is -2.17. The highest BCUT2D eigenvalue weighted by Crippen LogP contribution is 2.48. The van der Waals surface area contributed by atoms with Crippen LogP contribution in [0.1, 0.15) is 43.8 Å². The van der Waals surface area contributed by atoms with Crippen molar-refractivity contribution in [1.82, 2.24) is 10.3 Å². The first-order valence-electron chi connectivity index (χ1n) is 9.27. The lowest BCUT2D eigenvalue weighted by Crippen LogP contribution is -2.43. The van der Waals surface area contributed by atoms with Gasteiger partial charge in [0.1, 0.15) is 0 Å². The summed E-state index contributed by atoms with van der Waals surface area (Å²) in [7, 11) is 0. The van der Waals surface area contributed by atoms with Crippen molar-refractivity contribution in [3.63, 3.8) is 0 Å². The minimum absolute atomic E-state index is 0.00182. The number of carboxylic acid groups (broad SMARTS) is 1. The van der Waals surface area contributed by atoms with Crippen LogP contribution in [0.5, 0.6) is 0 Å². The number of hydrogen-bond donors (Lipinski definition) is 2. The molecule has 5 atom stereocenters. The zero-order chi connectivity index (χ0) is 17.4. The second-order valence-electron chi connectivity index (χ2n) is 7.62. The molecule has 1 heterocycles. The van der Waals surface area contributed by atoms with E-state index in [2.05, 4.69) is 10.3 Å². The zero-order valence-corrected chi connectivity index (χ0v) is 14.2. The maximum Gasteiger partial charge on any atom is 0.307 e. The third kappa shape index (κ3) is 2.96. The summed E-state index contributed by atoms with van der Waals surface area (Å²) in [5.74, 6) is -1.59. The molecule has 5 nitrogen and oxygen atoms in total. The number of fused-ring (bicyclic) bond motifs is 2. The SMILES string of the molecule is O=C(N[C@@H](c1ccccn1)C1CCCC1)[C@@H]1[C@H](C(=O)O)[C@H]2C=C[C@H]1C2. The topological polar surface area (TPSA) is 79.3 Å². The van der Waals surface area contributed by atoms with Gasteiger partial charge in [0, 0.05) is 6.20 Å². The molecule has 132 valence electrons. The molecule has 5 heteroatoms. The molecule has 0 unspecified atom stereocenters. The lowest BCUT2D eigenvalue weighted by atomic mass is 9.82. The molecule has 0 radical (unpaired) electrons. The van der Waals surface area contributed by atoms with E-state index in [1.54, 1.807) is 6.20 Å². The number of aromatic nitrogens is 1. The number of carbonyl (C=O) groups excluding carboxylic acids is 1. The quantitative estimate of drug-likeness (QED) is 0.808. The third-order valence-corrected chi connectivity index (χ3v) is 6.22. The average molecular weight is 340 g/mol. The van der Waals surface area contributed by atoms with Gasteiger partial charge in [0.25, 0.3) is 0 Å². The highest BCUT2D eigenvalue weighted by Gasteiger charge is 2.52. The van der Waals surface area contributed by atoms with Crippen molar-refractivity contribution in [2.24, 2.45) is 29.6 Å². The molecule has 25 heavy (non-hydrogen) atoms. The Labute approximate surface area is 147 Å². The Kier molecular flexibility index (Phi) is 4.32. The van der Waals surface area contributed by atoms with E-state index in [9.17, 15) is 14.7 Å². The number of allylic oxidation sites excluding steroid dienone is 2.